The summed E-state index contributed by atoms with van der Waals surface area (Å²) in [6.45, 7) is 1.81. The van der Waals surface area contributed by atoms with E-state index in [0.29, 0.717) is 18.4 Å². The van der Waals surface area contributed by atoms with E-state index in [9.17, 15) is 13.6 Å². The lowest BCUT2D eigenvalue weighted by Crippen LogP contribution is -1.93. The van der Waals surface area contributed by atoms with Gasteiger partial charge in [0.1, 0.15) is 17.9 Å². The van der Waals surface area contributed by atoms with Gasteiger partial charge in [-0.2, -0.15) is 0 Å². The van der Waals surface area contributed by atoms with Crippen LogP contribution in [-0.4, -0.2) is 6.29 Å². The third-order valence-corrected chi connectivity index (χ3v) is 3.77. The van der Waals surface area contributed by atoms with Gasteiger partial charge in [0.25, 0.3) is 0 Å². The molecule has 0 N–H and O–H groups in total. The Balaban J connectivity index is 2.53. The predicted octanol–water partition coefficient (Wildman–Crippen LogP) is 5.16. The Morgan fingerprint density at radius 2 is 1.64 bits per heavy atom. The number of carbonyl (C=O) groups is 1. The molecule has 22 heavy (non-hydrogen) atoms. The molecule has 0 spiro atoms. The molecule has 0 aromatic heterocycles. The second-order valence-electron chi connectivity index (χ2n) is 5.01. The third-order valence-electron chi connectivity index (χ3n) is 3.48. The zero-order valence-electron chi connectivity index (χ0n) is 12.1. The minimum Gasteiger partial charge on any atom is -0.303 e. The van der Waals surface area contributed by atoms with Crippen molar-refractivity contribution in [1.82, 2.24) is 0 Å². The van der Waals surface area contributed by atoms with Crippen molar-refractivity contribution in [2.75, 3.05) is 0 Å². The fourth-order valence-corrected chi connectivity index (χ4v) is 2.51. The van der Waals surface area contributed by atoms with E-state index in [0.717, 1.165) is 34.0 Å². The topological polar surface area (TPSA) is 17.1 Å². The Kier molecular flexibility index (Phi) is 5.50. The highest BCUT2D eigenvalue weighted by Gasteiger charge is 2.10. The molecule has 0 fully saturated rings. The first-order chi connectivity index (χ1) is 10.5. The first kappa shape index (κ1) is 16.4. The second kappa shape index (κ2) is 7.36. The molecule has 0 aliphatic rings. The van der Waals surface area contributed by atoms with E-state index in [1.807, 2.05) is 31.2 Å². The number of hydrogen-bond acceptors (Lipinski definition) is 2. The summed E-state index contributed by atoms with van der Waals surface area (Å²) in [5.41, 5.74) is 3.05. The quantitative estimate of drug-likeness (QED) is 0.457. The largest absolute Gasteiger partial charge is 0.303 e. The SMILES string of the molecule is C/C(=C(\CCC=O)c1ccc(S)cc1)c1cc(F)cc(F)c1. The molecule has 0 atom stereocenters. The lowest BCUT2D eigenvalue weighted by molar-refractivity contribution is -0.107. The van der Waals surface area contributed by atoms with Gasteiger partial charge in [0.2, 0.25) is 0 Å². The van der Waals surface area contributed by atoms with Crippen LogP contribution in [0.25, 0.3) is 11.1 Å². The Labute approximate surface area is 134 Å². The zero-order valence-corrected chi connectivity index (χ0v) is 13.0. The van der Waals surface area contributed by atoms with Crippen LogP contribution in [0.3, 0.4) is 0 Å². The fourth-order valence-electron chi connectivity index (χ4n) is 2.36. The van der Waals surface area contributed by atoms with Gasteiger partial charge in [-0.15, -0.1) is 12.6 Å². The molecule has 0 aliphatic carbocycles. The van der Waals surface area contributed by atoms with Crippen LogP contribution >= 0.6 is 12.6 Å². The number of halogens is 2. The molecule has 1 nitrogen and oxygen atoms in total. The lowest BCUT2D eigenvalue weighted by atomic mass is 9.92. The number of carbonyl (C=O) groups excluding carboxylic acids is 1. The Bertz CT molecular complexity index is 685. The van der Waals surface area contributed by atoms with Gasteiger partial charge in [0.15, 0.2) is 0 Å². The smallest absolute Gasteiger partial charge is 0.126 e. The summed E-state index contributed by atoms with van der Waals surface area (Å²) in [6, 6.07) is 10.9. The van der Waals surface area contributed by atoms with Gasteiger partial charge in [0.05, 0.1) is 0 Å². The van der Waals surface area contributed by atoms with Crippen molar-refractivity contribution in [3.63, 3.8) is 0 Å². The molecule has 4 heteroatoms. The molecule has 2 aromatic carbocycles. The fraction of sp³-hybridized carbons (Fsp3) is 0.167. The molecule has 0 unspecified atom stereocenters. The molecular weight excluding hydrogens is 302 g/mol. The summed E-state index contributed by atoms with van der Waals surface area (Å²) in [4.78, 5) is 11.5. The standard InChI is InChI=1S/C18H16F2OS/c1-12(14-9-15(19)11-16(20)10-14)18(3-2-8-21)13-4-6-17(22)7-5-13/h4-11,22H,2-3H2,1H3/b18-12-. The van der Waals surface area contributed by atoms with Crippen LogP contribution in [0.4, 0.5) is 8.78 Å². The molecule has 0 saturated carbocycles. The van der Waals surface area contributed by atoms with Crippen molar-refractivity contribution in [3.8, 4) is 0 Å². The van der Waals surface area contributed by atoms with Crippen molar-refractivity contribution in [2.24, 2.45) is 0 Å². The number of benzene rings is 2. The second-order valence-corrected chi connectivity index (χ2v) is 5.53. The molecular formula is C18H16F2OS. The Morgan fingerprint density at radius 1 is 1.05 bits per heavy atom. The first-order valence-corrected chi connectivity index (χ1v) is 7.35. The van der Waals surface area contributed by atoms with Crippen molar-refractivity contribution in [2.45, 2.75) is 24.7 Å². The maximum atomic E-state index is 13.4. The summed E-state index contributed by atoms with van der Waals surface area (Å²) < 4.78 is 26.9. The summed E-state index contributed by atoms with van der Waals surface area (Å²) in [5, 5.41) is 0. The van der Waals surface area contributed by atoms with Crippen molar-refractivity contribution in [3.05, 3.63) is 65.2 Å². The van der Waals surface area contributed by atoms with Crippen LogP contribution in [0, 0.1) is 11.6 Å². The molecule has 0 radical (unpaired) electrons. The molecule has 2 rings (SSSR count). The van der Waals surface area contributed by atoms with Crippen LogP contribution in [0.5, 0.6) is 0 Å². The average Bonchev–Trinajstić information content (AvgIpc) is 2.48. The number of hydrogen-bond donors (Lipinski definition) is 1. The normalized spacial score (nSPS) is 12.0. The van der Waals surface area contributed by atoms with Gasteiger partial charge < -0.3 is 4.79 Å². The summed E-state index contributed by atoms with van der Waals surface area (Å²) in [7, 11) is 0. The number of aldehydes is 1. The molecule has 0 bridgehead atoms. The van der Waals surface area contributed by atoms with Gasteiger partial charge in [-0.3, -0.25) is 0 Å². The highest BCUT2D eigenvalue weighted by atomic mass is 32.1. The van der Waals surface area contributed by atoms with Gasteiger partial charge in [-0.1, -0.05) is 12.1 Å². The molecule has 0 aliphatic heterocycles. The van der Waals surface area contributed by atoms with E-state index in [1.54, 1.807) is 0 Å². The minimum atomic E-state index is -0.616. The van der Waals surface area contributed by atoms with E-state index in [2.05, 4.69) is 12.6 Å². The van der Waals surface area contributed by atoms with E-state index < -0.39 is 11.6 Å². The van der Waals surface area contributed by atoms with Gasteiger partial charge >= 0.3 is 0 Å². The molecule has 0 heterocycles. The van der Waals surface area contributed by atoms with Crippen LogP contribution in [0.1, 0.15) is 30.9 Å². The highest BCUT2D eigenvalue weighted by molar-refractivity contribution is 7.80. The van der Waals surface area contributed by atoms with Crippen molar-refractivity contribution < 1.29 is 13.6 Å². The number of allylic oxidation sites excluding steroid dienone is 2. The van der Waals surface area contributed by atoms with E-state index in [-0.39, 0.29) is 0 Å². The molecule has 0 amide bonds. The van der Waals surface area contributed by atoms with Gasteiger partial charge in [0, 0.05) is 17.4 Å². The third kappa shape index (κ3) is 4.04. The monoisotopic (exact) mass is 318 g/mol. The Morgan fingerprint density at radius 3 is 2.18 bits per heavy atom. The number of rotatable bonds is 5. The van der Waals surface area contributed by atoms with Crippen LogP contribution < -0.4 is 0 Å². The van der Waals surface area contributed by atoms with Crippen molar-refractivity contribution in [1.29, 1.82) is 0 Å². The molecule has 2 aromatic rings. The number of thiol groups is 1. The maximum absolute atomic E-state index is 13.4. The van der Waals surface area contributed by atoms with Gasteiger partial charge in [-0.25, -0.2) is 8.78 Å². The molecule has 0 saturated heterocycles. The van der Waals surface area contributed by atoms with E-state index in [1.165, 1.54) is 12.1 Å². The Hall–Kier alpha value is -1.94. The minimum absolute atomic E-state index is 0.354. The zero-order chi connectivity index (χ0) is 16.1. The highest BCUT2D eigenvalue weighted by Crippen LogP contribution is 2.30. The van der Waals surface area contributed by atoms with Crippen LogP contribution in [0.15, 0.2) is 47.4 Å². The van der Waals surface area contributed by atoms with Crippen molar-refractivity contribution >= 4 is 30.1 Å². The predicted molar refractivity (Wildman–Crippen MR) is 87.8 cm³/mol. The van der Waals surface area contributed by atoms with Gasteiger partial charge in [-0.05, 0) is 59.9 Å². The lowest BCUT2D eigenvalue weighted by Gasteiger charge is -2.13. The van der Waals surface area contributed by atoms with E-state index in [4.69, 9.17) is 0 Å². The first-order valence-electron chi connectivity index (χ1n) is 6.90. The summed E-state index contributed by atoms with van der Waals surface area (Å²) >= 11 is 4.25. The summed E-state index contributed by atoms with van der Waals surface area (Å²) in [6.07, 6.45) is 1.71. The van der Waals surface area contributed by atoms with Crippen LogP contribution in [-0.2, 0) is 4.79 Å². The maximum Gasteiger partial charge on any atom is 0.126 e. The molecule has 114 valence electrons. The van der Waals surface area contributed by atoms with Crippen LogP contribution in [0.2, 0.25) is 0 Å². The summed E-state index contributed by atoms with van der Waals surface area (Å²) in [5.74, 6) is -1.23. The average molecular weight is 318 g/mol. The van der Waals surface area contributed by atoms with E-state index >= 15 is 0 Å².